The summed E-state index contributed by atoms with van der Waals surface area (Å²) in [7, 11) is 1.56. The summed E-state index contributed by atoms with van der Waals surface area (Å²) in [6, 6.07) is 9.27. The highest BCUT2D eigenvalue weighted by molar-refractivity contribution is 7.99. The van der Waals surface area contributed by atoms with Crippen LogP contribution in [0.25, 0.3) is 0 Å². The molecule has 120 valence electrons. The van der Waals surface area contributed by atoms with Gasteiger partial charge in [-0.2, -0.15) is 5.26 Å². The number of ether oxygens (including phenoxy) is 1. The van der Waals surface area contributed by atoms with E-state index in [9.17, 15) is 5.11 Å². The summed E-state index contributed by atoms with van der Waals surface area (Å²) in [5.74, 6) is 1.56. The lowest BCUT2D eigenvalue weighted by Gasteiger charge is -2.07. The van der Waals surface area contributed by atoms with Crippen LogP contribution in [0.5, 0.6) is 11.6 Å². The predicted molar refractivity (Wildman–Crippen MR) is 91.7 cm³/mol. The Morgan fingerprint density at radius 3 is 2.87 bits per heavy atom. The number of aromatic hydroxyl groups is 1. The number of hydrogen-bond donors (Lipinski definition) is 2. The fraction of sp³-hybridized carbons (Fsp3) is 0.294. The number of aromatic nitrogens is 1. The first-order valence-corrected chi connectivity index (χ1v) is 8.27. The van der Waals surface area contributed by atoms with E-state index in [1.54, 1.807) is 37.2 Å². The third kappa shape index (κ3) is 4.80. The molecule has 0 aliphatic carbocycles. The van der Waals surface area contributed by atoms with Crippen molar-refractivity contribution in [3.05, 3.63) is 41.6 Å². The number of anilines is 1. The summed E-state index contributed by atoms with van der Waals surface area (Å²) < 4.78 is 5.09. The van der Waals surface area contributed by atoms with Gasteiger partial charge in [0.25, 0.3) is 0 Å². The van der Waals surface area contributed by atoms with Crippen LogP contribution in [0.15, 0.2) is 35.4 Å². The van der Waals surface area contributed by atoms with E-state index in [1.165, 1.54) is 0 Å². The number of unbranched alkanes of at least 4 members (excludes halogenated alkanes) is 1. The lowest BCUT2D eigenvalue weighted by Crippen LogP contribution is -1.93. The first kappa shape index (κ1) is 17.0. The normalized spacial score (nSPS) is 10.3. The van der Waals surface area contributed by atoms with Crippen LogP contribution in [0.1, 0.15) is 24.0 Å². The molecule has 23 heavy (non-hydrogen) atoms. The summed E-state index contributed by atoms with van der Waals surface area (Å²) in [6.45, 7) is 0. The number of benzene rings is 1. The minimum atomic E-state index is 0.125. The SMILES string of the molecule is COc1cc(SCCCCc2ccc(O)c(N)c2)c(C#N)cn1. The molecule has 1 aromatic carbocycles. The van der Waals surface area contributed by atoms with Crippen molar-refractivity contribution in [3.63, 3.8) is 0 Å². The fourth-order valence-electron chi connectivity index (χ4n) is 2.11. The van der Waals surface area contributed by atoms with Crippen LogP contribution in [0.4, 0.5) is 5.69 Å². The third-order valence-corrected chi connectivity index (χ3v) is 4.52. The number of aryl methyl sites for hydroxylation is 1. The van der Waals surface area contributed by atoms with E-state index in [0.29, 0.717) is 17.1 Å². The average molecular weight is 329 g/mol. The maximum Gasteiger partial charge on any atom is 0.214 e. The Hall–Kier alpha value is -2.39. The maximum atomic E-state index is 9.40. The molecule has 0 bridgehead atoms. The topological polar surface area (TPSA) is 92.2 Å². The van der Waals surface area contributed by atoms with Gasteiger partial charge in [-0.15, -0.1) is 11.8 Å². The molecule has 0 saturated heterocycles. The molecule has 3 N–H and O–H groups in total. The predicted octanol–water partition coefficient (Wildman–Crippen LogP) is 3.36. The Morgan fingerprint density at radius 2 is 2.17 bits per heavy atom. The number of rotatable bonds is 7. The van der Waals surface area contributed by atoms with Gasteiger partial charge in [-0.05, 0) is 42.7 Å². The zero-order chi connectivity index (χ0) is 16.7. The molecule has 1 heterocycles. The first-order chi connectivity index (χ1) is 11.1. The molecular weight excluding hydrogens is 310 g/mol. The van der Waals surface area contributed by atoms with Crippen molar-refractivity contribution in [2.24, 2.45) is 0 Å². The number of pyridine rings is 1. The van der Waals surface area contributed by atoms with Crippen LogP contribution < -0.4 is 10.5 Å². The zero-order valence-electron chi connectivity index (χ0n) is 13.0. The Balaban J connectivity index is 1.81. The Kier molecular flexibility index (Phi) is 6.12. The largest absolute Gasteiger partial charge is 0.506 e. The highest BCUT2D eigenvalue weighted by Crippen LogP contribution is 2.26. The van der Waals surface area contributed by atoms with Crippen LogP contribution >= 0.6 is 11.8 Å². The van der Waals surface area contributed by atoms with Crippen molar-refractivity contribution in [1.29, 1.82) is 5.26 Å². The van der Waals surface area contributed by atoms with Gasteiger partial charge in [0.1, 0.15) is 11.8 Å². The van der Waals surface area contributed by atoms with Crippen molar-refractivity contribution in [3.8, 4) is 17.7 Å². The number of thioether (sulfide) groups is 1. The van der Waals surface area contributed by atoms with Gasteiger partial charge in [-0.25, -0.2) is 4.98 Å². The van der Waals surface area contributed by atoms with Crippen molar-refractivity contribution >= 4 is 17.4 Å². The zero-order valence-corrected chi connectivity index (χ0v) is 13.8. The van der Waals surface area contributed by atoms with E-state index in [1.807, 2.05) is 12.1 Å². The summed E-state index contributed by atoms with van der Waals surface area (Å²) >= 11 is 1.63. The molecule has 0 spiro atoms. The van der Waals surface area contributed by atoms with Gasteiger partial charge in [-0.1, -0.05) is 6.07 Å². The smallest absolute Gasteiger partial charge is 0.214 e. The molecule has 1 aromatic heterocycles. The summed E-state index contributed by atoms with van der Waals surface area (Å²) in [6.07, 6.45) is 4.48. The van der Waals surface area contributed by atoms with Gasteiger partial charge < -0.3 is 15.6 Å². The number of phenolic OH excluding ortho intramolecular Hbond substituents is 1. The molecule has 0 radical (unpaired) electrons. The van der Waals surface area contributed by atoms with E-state index in [4.69, 9.17) is 15.7 Å². The lowest BCUT2D eigenvalue weighted by molar-refractivity contribution is 0.396. The number of hydrogen-bond acceptors (Lipinski definition) is 6. The molecule has 0 aliphatic rings. The quantitative estimate of drug-likeness (QED) is 0.350. The van der Waals surface area contributed by atoms with Gasteiger partial charge in [0, 0.05) is 17.2 Å². The van der Waals surface area contributed by atoms with Crippen LogP contribution in [-0.2, 0) is 6.42 Å². The molecule has 0 saturated carbocycles. The molecule has 6 heteroatoms. The van der Waals surface area contributed by atoms with E-state index >= 15 is 0 Å². The second-order valence-electron chi connectivity index (χ2n) is 5.03. The number of nitriles is 1. The standard InChI is InChI=1S/C17H19N3O2S/c1-22-17-9-16(13(10-18)11-20-17)23-7-3-2-4-12-5-6-15(21)14(19)8-12/h5-6,8-9,11,21H,2-4,7,19H2,1H3. The van der Waals surface area contributed by atoms with Crippen molar-refractivity contribution in [2.45, 2.75) is 24.2 Å². The lowest BCUT2D eigenvalue weighted by atomic mass is 10.1. The number of nitrogens with zero attached hydrogens (tertiary/aromatic N) is 2. The minimum Gasteiger partial charge on any atom is -0.506 e. The Morgan fingerprint density at radius 1 is 1.35 bits per heavy atom. The number of nitrogen functional groups attached to an aromatic ring is 1. The monoisotopic (exact) mass is 329 g/mol. The number of nitrogens with two attached hydrogens (primary N) is 1. The van der Waals surface area contributed by atoms with E-state index < -0.39 is 0 Å². The van der Waals surface area contributed by atoms with Gasteiger partial charge in [0.15, 0.2) is 0 Å². The van der Waals surface area contributed by atoms with E-state index in [0.717, 1.165) is 35.5 Å². The van der Waals surface area contributed by atoms with Gasteiger partial charge in [0.05, 0.1) is 18.4 Å². The van der Waals surface area contributed by atoms with Crippen LogP contribution in [0, 0.1) is 11.3 Å². The highest BCUT2D eigenvalue weighted by Gasteiger charge is 2.06. The van der Waals surface area contributed by atoms with E-state index in [-0.39, 0.29) is 5.75 Å². The van der Waals surface area contributed by atoms with Gasteiger partial charge in [-0.3, -0.25) is 0 Å². The van der Waals surface area contributed by atoms with Crippen molar-refractivity contribution in [1.82, 2.24) is 4.98 Å². The fourth-order valence-corrected chi connectivity index (χ4v) is 3.11. The molecule has 2 aromatic rings. The second-order valence-corrected chi connectivity index (χ2v) is 6.17. The van der Waals surface area contributed by atoms with E-state index in [2.05, 4.69) is 11.1 Å². The molecule has 0 amide bonds. The molecular formula is C17H19N3O2S. The minimum absolute atomic E-state index is 0.125. The maximum absolute atomic E-state index is 9.40. The third-order valence-electron chi connectivity index (χ3n) is 3.38. The highest BCUT2D eigenvalue weighted by atomic mass is 32.2. The molecule has 0 unspecified atom stereocenters. The van der Waals surface area contributed by atoms with Crippen molar-refractivity contribution < 1.29 is 9.84 Å². The van der Waals surface area contributed by atoms with Crippen LogP contribution in [0.3, 0.4) is 0 Å². The second kappa shape index (κ2) is 8.30. The van der Waals surface area contributed by atoms with Gasteiger partial charge >= 0.3 is 0 Å². The number of methoxy groups -OCH3 is 1. The molecule has 0 atom stereocenters. The molecule has 0 fully saturated rings. The van der Waals surface area contributed by atoms with Crippen LogP contribution in [0.2, 0.25) is 0 Å². The summed E-state index contributed by atoms with van der Waals surface area (Å²) in [4.78, 5) is 4.93. The first-order valence-electron chi connectivity index (χ1n) is 7.28. The van der Waals surface area contributed by atoms with Crippen molar-refractivity contribution in [2.75, 3.05) is 18.6 Å². The Bertz CT molecular complexity index is 713. The summed E-state index contributed by atoms with van der Waals surface area (Å²) in [5.41, 5.74) is 7.79. The molecule has 5 nitrogen and oxygen atoms in total. The summed E-state index contributed by atoms with van der Waals surface area (Å²) in [5, 5.41) is 18.5. The van der Waals surface area contributed by atoms with Gasteiger partial charge in [0.2, 0.25) is 5.88 Å². The van der Waals surface area contributed by atoms with Crippen LogP contribution in [-0.4, -0.2) is 23.0 Å². The average Bonchev–Trinajstić information content (AvgIpc) is 2.57. The Labute approximate surface area is 140 Å². The molecule has 2 rings (SSSR count). The molecule has 0 aliphatic heterocycles. The number of phenols is 1.